The van der Waals surface area contributed by atoms with Crippen molar-refractivity contribution >= 4 is 43.7 Å². The van der Waals surface area contributed by atoms with E-state index in [1.165, 1.54) is 12.1 Å². The summed E-state index contributed by atoms with van der Waals surface area (Å²) in [4.78, 5) is 29.3. The SMILES string of the molecule is CS(=O)(=O)NCc1cc(F)cc(-c2ccnc3[nH]c(-c4n[nH]c5ncc(-c6cncc(NC(=O)Cc7ccccc7)c6)cc45)cc23)c1. The first kappa shape index (κ1) is 29.9. The lowest BCUT2D eigenvalue weighted by Gasteiger charge is -2.08. The number of sulfonamides is 1. The molecule has 0 aliphatic carbocycles. The highest BCUT2D eigenvalue weighted by molar-refractivity contribution is 7.88. The fourth-order valence-electron chi connectivity index (χ4n) is 5.45. The number of halogens is 1. The summed E-state index contributed by atoms with van der Waals surface area (Å²) in [5.41, 5.74) is 7.21. The molecule has 1 amide bonds. The Kier molecular flexibility index (Phi) is 7.75. The number of nitrogens with zero attached hydrogens (tertiary/aromatic N) is 4. The minimum atomic E-state index is -3.45. The fourth-order valence-corrected chi connectivity index (χ4v) is 5.88. The Bertz CT molecular complexity index is 2390. The molecule has 0 aliphatic heterocycles. The number of fused-ring (bicyclic) bond motifs is 2. The van der Waals surface area contributed by atoms with Crippen LogP contribution in [0.15, 0.2) is 97.6 Å². The zero-order valence-electron chi connectivity index (χ0n) is 25.0. The van der Waals surface area contributed by atoms with Crippen molar-refractivity contribution in [3.63, 3.8) is 0 Å². The van der Waals surface area contributed by atoms with Crippen LogP contribution in [0.25, 0.3) is 55.7 Å². The lowest BCUT2D eigenvalue weighted by atomic mass is 10.0. The predicted octanol–water partition coefficient (Wildman–Crippen LogP) is 5.60. The molecular formula is C34H27FN8O3S. The summed E-state index contributed by atoms with van der Waals surface area (Å²) in [5.74, 6) is -0.632. The van der Waals surface area contributed by atoms with E-state index in [1.54, 1.807) is 36.9 Å². The van der Waals surface area contributed by atoms with E-state index in [-0.39, 0.29) is 18.9 Å². The molecule has 7 aromatic rings. The molecule has 234 valence electrons. The van der Waals surface area contributed by atoms with Gasteiger partial charge in [-0.05, 0) is 64.7 Å². The fraction of sp³-hybridized carbons (Fsp3) is 0.0882. The maximum absolute atomic E-state index is 14.6. The predicted molar refractivity (Wildman–Crippen MR) is 178 cm³/mol. The lowest BCUT2D eigenvalue weighted by molar-refractivity contribution is -0.115. The Labute approximate surface area is 268 Å². The van der Waals surface area contributed by atoms with Gasteiger partial charge in [-0.15, -0.1) is 0 Å². The van der Waals surface area contributed by atoms with Gasteiger partial charge in [0.05, 0.1) is 30.3 Å². The van der Waals surface area contributed by atoms with Gasteiger partial charge in [-0.25, -0.2) is 27.5 Å². The number of rotatable bonds is 9. The van der Waals surface area contributed by atoms with Gasteiger partial charge in [0.1, 0.15) is 17.2 Å². The zero-order valence-corrected chi connectivity index (χ0v) is 25.8. The molecule has 0 spiro atoms. The highest BCUT2D eigenvalue weighted by Gasteiger charge is 2.17. The third-order valence-electron chi connectivity index (χ3n) is 7.57. The number of pyridine rings is 3. The number of benzene rings is 2. The number of carbonyl (C=O) groups excluding carboxylic acids is 1. The van der Waals surface area contributed by atoms with Crippen LogP contribution in [-0.4, -0.2) is 50.7 Å². The molecule has 0 fully saturated rings. The molecule has 11 nitrogen and oxygen atoms in total. The van der Waals surface area contributed by atoms with Crippen LogP contribution in [0.4, 0.5) is 10.1 Å². The van der Waals surface area contributed by atoms with Crippen molar-refractivity contribution in [1.82, 2.24) is 34.9 Å². The van der Waals surface area contributed by atoms with Crippen molar-refractivity contribution < 1.29 is 17.6 Å². The second kappa shape index (κ2) is 12.2. The highest BCUT2D eigenvalue weighted by Crippen LogP contribution is 2.35. The Morgan fingerprint density at radius 1 is 0.851 bits per heavy atom. The van der Waals surface area contributed by atoms with Crippen LogP contribution in [0.2, 0.25) is 0 Å². The van der Waals surface area contributed by atoms with E-state index in [0.717, 1.165) is 33.7 Å². The number of hydrogen-bond acceptors (Lipinski definition) is 7. The van der Waals surface area contributed by atoms with Gasteiger partial charge in [0.15, 0.2) is 5.65 Å². The molecule has 5 heterocycles. The third kappa shape index (κ3) is 6.61. The van der Waals surface area contributed by atoms with Gasteiger partial charge in [0.2, 0.25) is 15.9 Å². The van der Waals surface area contributed by atoms with Crippen molar-refractivity contribution in [1.29, 1.82) is 0 Å². The first-order chi connectivity index (χ1) is 22.7. The topological polar surface area (TPSA) is 158 Å². The number of hydrogen-bond donors (Lipinski definition) is 4. The largest absolute Gasteiger partial charge is 0.338 e. The summed E-state index contributed by atoms with van der Waals surface area (Å²) in [6.45, 7) is -0.0384. The normalized spacial score (nSPS) is 11.7. The van der Waals surface area contributed by atoms with Crippen molar-refractivity contribution in [2.45, 2.75) is 13.0 Å². The molecular weight excluding hydrogens is 619 g/mol. The molecule has 0 unspecified atom stereocenters. The summed E-state index contributed by atoms with van der Waals surface area (Å²) in [7, 11) is -3.45. The molecule has 4 N–H and O–H groups in total. The number of amides is 1. The summed E-state index contributed by atoms with van der Waals surface area (Å²) < 4.78 is 40.2. The quantitative estimate of drug-likeness (QED) is 0.159. The van der Waals surface area contributed by atoms with E-state index in [0.29, 0.717) is 45.1 Å². The number of anilines is 1. The number of aromatic nitrogens is 6. The molecule has 0 atom stereocenters. The lowest BCUT2D eigenvalue weighted by Crippen LogP contribution is -2.21. The Morgan fingerprint density at radius 2 is 1.68 bits per heavy atom. The van der Waals surface area contributed by atoms with Crippen LogP contribution in [0.5, 0.6) is 0 Å². The van der Waals surface area contributed by atoms with Gasteiger partial charge in [-0.1, -0.05) is 30.3 Å². The van der Waals surface area contributed by atoms with Gasteiger partial charge in [0.25, 0.3) is 0 Å². The first-order valence-corrected chi connectivity index (χ1v) is 16.4. The molecule has 7 rings (SSSR count). The van der Waals surface area contributed by atoms with Crippen molar-refractivity contribution in [3.8, 4) is 33.6 Å². The van der Waals surface area contributed by atoms with Gasteiger partial charge in [-0.2, -0.15) is 5.10 Å². The minimum absolute atomic E-state index is 0.0384. The number of nitrogens with one attached hydrogen (secondary N) is 4. The maximum Gasteiger partial charge on any atom is 0.228 e. The van der Waals surface area contributed by atoms with Gasteiger partial charge in [-0.3, -0.25) is 14.9 Å². The van der Waals surface area contributed by atoms with Crippen molar-refractivity contribution in [2.24, 2.45) is 0 Å². The van der Waals surface area contributed by atoms with E-state index >= 15 is 0 Å². The van der Waals surface area contributed by atoms with Crippen molar-refractivity contribution in [2.75, 3.05) is 11.6 Å². The summed E-state index contributed by atoms with van der Waals surface area (Å²) >= 11 is 0. The van der Waals surface area contributed by atoms with Crippen LogP contribution < -0.4 is 10.0 Å². The zero-order chi connectivity index (χ0) is 32.5. The van der Waals surface area contributed by atoms with Crippen LogP contribution in [-0.2, 0) is 27.8 Å². The second-order valence-electron chi connectivity index (χ2n) is 11.1. The number of aromatic amines is 2. The second-order valence-corrected chi connectivity index (χ2v) is 12.9. The third-order valence-corrected chi connectivity index (χ3v) is 8.24. The Hall–Kier alpha value is -5.79. The van der Waals surface area contributed by atoms with Gasteiger partial charge in [0, 0.05) is 47.0 Å². The summed E-state index contributed by atoms with van der Waals surface area (Å²) in [6.07, 6.45) is 7.94. The van der Waals surface area contributed by atoms with Crippen LogP contribution in [0.1, 0.15) is 11.1 Å². The smallest absolute Gasteiger partial charge is 0.228 e. The molecule has 0 aliphatic rings. The Balaban J connectivity index is 1.20. The van der Waals surface area contributed by atoms with E-state index < -0.39 is 15.8 Å². The average molecular weight is 647 g/mol. The van der Waals surface area contributed by atoms with Crippen LogP contribution >= 0.6 is 0 Å². The molecule has 13 heteroatoms. The van der Waals surface area contributed by atoms with Gasteiger partial charge < -0.3 is 10.3 Å². The Morgan fingerprint density at radius 3 is 2.51 bits per heavy atom. The highest BCUT2D eigenvalue weighted by atomic mass is 32.2. The van der Waals surface area contributed by atoms with Crippen molar-refractivity contribution in [3.05, 3.63) is 115 Å². The summed E-state index contributed by atoms with van der Waals surface area (Å²) in [5, 5.41) is 11.9. The first-order valence-electron chi connectivity index (χ1n) is 14.5. The van der Waals surface area contributed by atoms with Crippen LogP contribution in [0.3, 0.4) is 0 Å². The van der Waals surface area contributed by atoms with E-state index in [9.17, 15) is 17.6 Å². The van der Waals surface area contributed by atoms with E-state index in [4.69, 9.17) is 0 Å². The number of carbonyl (C=O) groups is 1. The summed E-state index contributed by atoms with van der Waals surface area (Å²) in [6, 6.07) is 21.4. The molecule has 2 aromatic carbocycles. The minimum Gasteiger partial charge on any atom is -0.338 e. The number of H-pyrrole nitrogens is 2. The monoisotopic (exact) mass is 646 g/mol. The van der Waals surface area contributed by atoms with E-state index in [1.807, 2.05) is 48.5 Å². The molecule has 5 aromatic heterocycles. The standard InChI is InChI=1S/C34H27FN8O3S/c1-47(45,46)39-16-21-9-22(12-25(35)10-21)27-7-8-37-33-28(27)15-30(41-33)32-29-14-24(18-38-34(29)43-42-32)23-13-26(19-36-17-23)40-31(44)11-20-5-3-2-4-6-20/h2-10,12-15,17-19,39H,11,16H2,1H3,(H,37,41)(H,40,44)(H,38,42,43). The van der Waals surface area contributed by atoms with Gasteiger partial charge >= 0.3 is 0 Å². The average Bonchev–Trinajstić information content (AvgIpc) is 3.68. The molecule has 47 heavy (non-hydrogen) atoms. The molecule has 0 radical (unpaired) electrons. The maximum atomic E-state index is 14.6. The van der Waals surface area contributed by atoms with E-state index in [2.05, 4.69) is 40.2 Å². The molecule has 0 bridgehead atoms. The molecule has 0 saturated carbocycles. The van der Waals surface area contributed by atoms with Crippen LogP contribution in [0, 0.1) is 5.82 Å². The molecule has 0 saturated heterocycles.